The molecule has 0 unspecified atom stereocenters. The number of fused-ring (bicyclic) bond motifs is 1. The Balaban J connectivity index is 1.38. The normalized spacial score (nSPS) is 14.5. The molecule has 2 N–H and O–H groups in total. The lowest BCUT2D eigenvalue weighted by Crippen LogP contribution is -2.46. The van der Waals surface area contributed by atoms with Crippen molar-refractivity contribution in [2.45, 2.75) is 6.54 Å². The van der Waals surface area contributed by atoms with Crippen molar-refractivity contribution >= 4 is 28.4 Å². The van der Waals surface area contributed by atoms with Gasteiger partial charge in [0.05, 0.1) is 11.0 Å². The number of halogens is 2. The van der Waals surface area contributed by atoms with Gasteiger partial charge >= 0.3 is 0 Å². The maximum Gasteiger partial charge on any atom is 0.249 e. The second-order valence-corrected chi connectivity index (χ2v) is 7.95. The zero-order chi connectivity index (χ0) is 22.8. The fourth-order valence-electron chi connectivity index (χ4n) is 3.98. The Hall–Kier alpha value is -3.85. The predicted octanol–water partition coefficient (Wildman–Crippen LogP) is 3.66. The van der Waals surface area contributed by atoms with Crippen molar-refractivity contribution in [3.05, 3.63) is 88.3 Å². The van der Waals surface area contributed by atoms with Gasteiger partial charge in [-0.05, 0) is 36.4 Å². The smallest absolute Gasteiger partial charge is 0.249 e. The van der Waals surface area contributed by atoms with Gasteiger partial charge < -0.3 is 15.2 Å². The van der Waals surface area contributed by atoms with Gasteiger partial charge in [0.15, 0.2) is 11.6 Å². The molecule has 0 aliphatic carbocycles. The highest BCUT2D eigenvalue weighted by atomic mass is 19.1. The third-order valence-corrected chi connectivity index (χ3v) is 5.66. The van der Waals surface area contributed by atoms with Crippen LogP contribution in [0.4, 0.5) is 26.1 Å². The van der Waals surface area contributed by atoms with Crippen molar-refractivity contribution in [2.24, 2.45) is 0 Å². The van der Waals surface area contributed by atoms with Gasteiger partial charge in [0.2, 0.25) is 5.56 Å². The summed E-state index contributed by atoms with van der Waals surface area (Å²) in [6.07, 6.45) is 1.57. The van der Waals surface area contributed by atoms with Crippen LogP contribution >= 0.6 is 0 Å². The second-order valence-electron chi connectivity index (χ2n) is 7.95. The van der Waals surface area contributed by atoms with Gasteiger partial charge in [-0.2, -0.15) is 0 Å². The molecule has 1 aliphatic heterocycles. The van der Waals surface area contributed by atoms with Crippen LogP contribution in [0.2, 0.25) is 0 Å². The Morgan fingerprint density at radius 3 is 2.45 bits per heavy atom. The van der Waals surface area contributed by atoms with E-state index in [4.69, 9.17) is 9.97 Å². The summed E-state index contributed by atoms with van der Waals surface area (Å²) in [6.45, 7) is 2.96. The maximum absolute atomic E-state index is 14.0. The van der Waals surface area contributed by atoms with Crippen molar-refractivity contribution in [3.63, 3.8) is 0 Å². The van der Waals surface area contributed by atoms with Crippen molar-refractivity contribution < 1.29 is 8.78 Å². The van der Waals surface area contributed by atoms with Crippen molar-refractivity contribution in [3.8, 4) is 0 Å². The molecule has 0 spiro atoms. The Morgan fingerprint density at radius 2 is 1.70 bits per heavy atom. The van der Waals surface area contributed by atoms with Crippen LogP contribution in [0.1, 0.15) is 5.56 Å². The van der Waals surface area contributed by atoms with Gasteiger partial charge in [0, 0.05) is 56.2 Å². The molecule has 2 aromatic heterocycles. The molecule has 7 nitrogen and oxygen atoms in total. The first-order chi connectivity index (χ1) is 16.0. The number of rotatable bonds is 5. The van der Waals surface area contributed by atoms with Gasteiger partial charge in [-0.25, -0.2) is 18.7 Å². The Morgan fingerprint density at radius 1 is 0.939 bits per heavy atom. The van der Waals surface area contributed by atoms with Gasteiger partial charge in [0.25, 0.3) is 0 Å². The van der Waals surface area contributed by atoms with Crippen molar-refractivity contribution in [1.82, 2.24) is 19.9 Å². The van der Waals surface area contributed by atoms with E-state index in [9.17, 15) is 13.6 Å². The molecule has 4 aromatic rings. The number of benzene rings is 2. The average molecular weight is 448 g/mol. The van der Waals surface area contributed by atoms with E-state index in [1.165, 1.54) is 12.1 Å². The van der Waals surface area contributed by atoms with Crippen LogP contribution in [0.25, 0.3) is 11.0 Å². The number of hydrogen-bond acceptors (Lipinski definition) is 6. The van der Waals surface area contributed by atoms with Crippen LogP contribution in [0.3, 0.4) is 0 Å². The molecule has 0 amide bonds. The van der Waals surface area contributed by atoms with Crippen LogP contribution in [0, 0.1) is 11.6 Å². The molecule has 0 saturated carbocycles. The lowest BCUT2D eigenvalue weighted by Gasteiger charge is -2.36. The van der Waals surface area contributed by atoms with Crippen LogP contribution in [0.5, 0.6) is 0 Å². The Labute approximate surface area is 188 Å². The van der Waals surface area contributed by atoms with Crippen LogP contribution in [-0.4, -0.2) is 46.0 Å². The zero-order valence-corrected chi connectivity index (χ0v) is 17.8. The summed E-state index contributed by atoms with van der Waals surface area (Å²) in [7, 11) is 0. The van der Waals surface area contributed by atoms with Crippen LogP contribution < -0.4 is 15.8 Å². The largest absolute Gasteiger partial charge is 0.351 e. The second kappa shape index (κ2) is 8.95. The number of aromatic nitrogens is 3. The lowest BCUT2D eigenvalue weighted by atomic mass is 10.1. The molecule has 168 valence electrons. The molecule has 1 saturated heterocycles. The minimum atomic E-state index is -0.438. The molecule has 9 heteroatoms. The first-order valence-corrected chi connectivity index (χ1v) is 10.7. The molecule has 3 heterocycles. The van der Waals surface area contributed by atoms with E-state index in [-0.39, 0.29) is 5.56 Å². The number of anilines is 3. The monoisotopic (exact) mass is 448 g/mol. The number of para-hydroxylation sites is 2. The highest BCUT2D eigenvalue weighted by molar-refractivity contribution is 5.82. The van der Waals surface area contributed by atoms with Crippen LogP contribution in [0.15, 0.2) is 65.6 Å². The number of H-pyrrole nitrogens is 1. The summed E-state index contributed by atoms with van der Waals surface area (Å²) in [4.78, 5) is 28.1. The van der Waals surface area contributed by atoms with E-state index in [2.05, 4.69) is 20.1 Å². The number of nitrogens with zero attached hydrogens (tertiary/aromatic N) is 4. The Kier molecular flexibility index (Phi) is 5.70. The summed E-state index contributed by atoms with van der Waals surface area (Å²) in [5.74, 6) is 0.407. The van der Waals surface area contributed by atoms with Crippen LogP contribution in [-0.2, 0) is 6.54 Å². The van der Waals surface area contributed by atoms with Gasteiger partial charge in [-0.15, -0.1) is 0 Å². The summed E-state index contributed by atoms with van der Waals surface area (Å²) in [5, 5.41) is 3.23. The van der Waals surface area contributed by atoms with E-state index in [0.29, 0.717) is 55.6 Å². The van der Waals surface area contributed by atoms with E-state index in [0.717, 1.165) is 23.2 Å². The average Bonchev–Trinajstić information content (AvgIpc) is 2.82. The SMILES string of the molecule is O=c1cc(Nc2nc3ccccc3nc2N2CCN(Cc3cc(F)ccc3F)CC2)cc[nH]1. The summed E-state index contributed by atoms with van der Waals surface area (Å²) in [5.41, 5.74) is 2.27. The summed E-state index contributed by atoms with van der Waals surface area (Å²) >= 11 is 0. The molecule has 33 heavy (non-hydrogen) atoms. The molecule has 0 bridgehead atoms. The third-order valence-electron chi connectivity index (χ3n) is 5.66. The molecular formula is C24H22F2N6O. The van der Waals surface area contributed by atoms with E-state index in [1.807, 2.05) is 24.3 Å². The van der Waals surface area contributed by atoms with Crippen molar-refractivity contribution in [1.29, 1.82) is 0 Å². The fourth-order valence-corrected chi connectivity index (χ4v) is 3.98. The molecule has 2 aromatic carbocycles. The molecular weight excluding hydrogens is 426 g/mol. The molecule has 1 aliphatic rings. The highest BCUT2D eigenvalue weighted by Crippen LogP contribution is 2.28. The zero-order valence-electron chi connectivity index (χ0n) is 17.8. The number of aromatic amines is 1. The standard InChI is InChI=1S/C24H22F2N6O/c25-17-5-6-19(26)16(13-17)15-31-9-11-32(12-10-31)24-23(28-18-7-8-27-22(33)14-18)29-20-3-1-2-4-21(20)30-24/h1-8,13-14H,9-12,15H2,(H2,27,28,29,33). The van der Waals surface area contributed by atoms with Gasteiger partial charge in [-0.3, -0.25) is 9.69 Å². The third kappa shape index (κ3) is 4.68. The Bertz CT molecular complexity index is 1350. The van der Waals surface area contributed by atoms with E-state index >= 15 is 0 Å². The molecule has 1 fully saturated rings. The molecule has 0 atom stereocenters. The van der Waals surface area contributed by atoms with Gasteiger partial charge in [0.1, 0.15) is 11.6 Å². The highest BCUT2D eigenvalue weighted by Gasteiger charge is 2.23. The summed E-state index contributed by atoms with van der Waals surface area (Å²) < 4.78 is 27.6. The van der Waals surface area contributed by atoms with E-state index in [1.54, 1.807) is 12.3 Å². The van der Waals surface area contributed by atoms with Crippen molar-refractivity contribution in [2.75, 3.05) is 36.4 Å². The fraction of sp³-hybridized carbons (Fsp3) is 0.208. The van der Waals surface area contributed by atoms with Gasteiger partial charge in [-0.1, -0.05) is 12.1 Å². The number of piperazine rings is 1. The number of hydrogen-bond donors (Lipinski definition) is 2. The first-order valence-electron chi connectivity index (χ1n) is 10.7. The first kappa shape index (κ1) is 21.0. The molecule has 0 radical (unpaired) electrons. The quantitative estimate of drug-likeness (QED) is 0.485. The minimum Gasteiger partial charge on any atom is -0.351 e. The summed E-state index contributed by atoms with van der Waals surface area (Å²) in [6, 6.07) is 14.4. The lowest BCUT2D eigenvalue weighted by molar-refractivity contribution is 0.246. The number of pyridine rings is 1. The topological polar surface area (TPSA) is 77.2 Å². The number of nitrogens with one attached hydrogen (secondary N) is 2. The minimum absolute atomic E-state index is 0.214. The maximum atomic E-state index is 14.0. The van der Waals surface area contributed by atoms with E-state index < -0.39 is 11.6 Å². The molecule has 5 rings (SSSR count). The predicted molar refractivity (Wildman–Crippen MR) is 124 cm³/mol.